The minimum absolute atomic E-state index is 0.898. The molecule has 20 heavy (non-hydrogen) atoms. The maximum Gasteiger partial charge on any atom is 0.211 e. The van der Waals surface area contributed by atoms with Gasteiger partial charge in [-0.1, -0.05) is 53.3 Å². The van der Waals surface area contributed by atoms with Gasteiger partial charge in [-0.15, -0.1) is 5.10 Å². The van der Waals surface area contributed by atoms with Crippen LogP contribution in [0, 0.1) is 6.92 Å². The highest BCUT2D eigenvalue weighted by molar-refractivity contribution is 7.16. The molecule has 0 saturated carbocycles. The maximum absolute atomic E-state index is 4.31. The Morgan fingerprint density at radius 3 is 2.55 bits per heavy atom. The van der Waals surface area contributed by atoms with Crippen LogP contribution in [0.1, 0.15) is 11.1 Å². The monoisotopic (exact) mass is 281 g/mol. The highest BCUT2D eigenvalue weighted by Crippen LogP contribution is 2.15. The van der Waals surface area contributed by atoms with Gasteiger partial charge in [0.2, 0.25) is 4.80 Å². The summed E-state index contributed by atoms with van der Waals surface area (Å²) < 4.78 is 3.28. The standard InChI is InChI=1S/C16H15N3S/c1-12-7-9-13(10-8-12)11-17-18-16-19(2)14-5-3-4-6-15(14)20-16/h3-11H,1-2H3/b17-11-,18-16+. The summed E-state index contributed by atoms with van der Waals surface area (Å²) in [5, 5.41) is 8.50. The fourth-order valence-corrected chi connectivity index (χ4v) is 2.95. The summed E-state index contributed by atoms with van der Waals surface area (Å²) in [6.07, 6.45) is 1.78. The summed E-state index contributed by atoms with van der Waals surface area (Å²) in [5.74, 6) is 0. The molecule has 0 bridgehead atoms. The van der Waals surface area contributed by atoms with Crippen molar-refractivity contribution in [2.75, 3.05) is 0 Å². The van der Waals surface area contributed by atoms with Gasteiger partial charge in [-0.2, -0.15) is 5.10 Å². The zero-order chi connectivity index (χ0) is 13.9. The molecule has 0 saturated heterocycles. The second-order valence-corrected chi connectivity index (χ2v) is 5.68. The van der Waals surface area contributed by atoms with Crippen LogP contribution in [-0.2, 0) is 7.05 Å². The van der Waals surface area contributed by atoms with Gasteiger partial charge < -0.3 is 4.57 Å². The lowest BCUT2D eigenvalue weighted by Gasteiger charge is -1.93. The third kappa shape index (κ3) is 2.56. The molecule has 0 amide bonds. The molecule has 4 heteroatoms. The number of fused-ring (bicyclic) bond motifs is 1. The van der Waals surface area contributed by atoms with E-state index < -0.39 is 0 Å². The van der Waals surface area contributed by atoms with E-state index in [2.05, 4.69) is 46.0 Å². The summed E-state index contributed by atoms with van der Waals surface area (Å²) in [6, 6.07) is 16.5. The summed E-state index contributed by atoms with van der Waals surface area (Å²) >= 11 is 1.64. The van der Waals surface area contributed by atoms with Gasteiger partial charge >= 0.3 is 0 Å². The number of aromatic nitrogens is 1. The second kappa shape index (κ2) is 5.43. The van der Waals surface area contributed by atoms with E-state index in [0.29, 0.717) is 0 Å². The molecule has 0 fully saturated rings. The van der Waals surface area contributed by atoms with Crippen molar-refractivity contribution in [3.05, 3.63) is 64.5 Å². The Bertz CT molecular complexity index is 823. The zero-order valence-corrected chi connectivity index (χ0v) is 12.3. The molecule has 2 aromatic carbocycles. The molecule has 0 aliphatic carbocycles. The minimum atomic E-state index is 0.898. The van der Waals surface area contributed by atoms with Crippen molar-refractivity contribution < 1.29 is 0 Å². The third-order valence-corrected chi connectivity index (χ3v) is 4.25. The van der Waals surface area contributed by atoms with Crippen molar-refractivity contribution in [3.8, 4) is 0 Å². The molecule has 3 aromatic rings. The van der Waals surface area contributed by atoms with Crippen LogP contribution in [-0.4, -0.2) is 10.8 Å². The van der Waals surface area contributed by atoms with E-state index in [1.807, 2.05) is 31.3 Å². The van der Waals surface area contributed by atoms with Gasteiger partial charge in [-0.25, -0.2) is 0 Å². The minimum Gasteiger partial charge on any atom is -0.318 e. The third-order valence-electron chi connectivity index (χ3n) is 3.14. The van der Waals surface area contributed by atoms with Crippen molar-refractivity contribution in [2.45, 2.75) is 6.92 Å². The summed E-state index contributed by atoms with van der Waals surface area (Å²) in [6.45, 7) is 2.07. The summed E-state index contributed by atoms with van der Waals surface area (Å²) in [7, 11) is 2.01. The lowest BCUT2D eigenvalue weighted by Crippen LogP contribution is -2.08. The van der Waals surface area contributed by atoms with Gasteiger partial charge in [-0.3, -0.25) is 0 Å². The average molecular weight is 281 g/mol. The van der Waals surface area contributed by atoms with E-state index >= 15 is 0 Å². The first kappa shape index (κ1) is 12.8. The number of benzene rings is 2. The Hall–Kier alpha value is -2.20. The first-order valence-corrected chi connectivity index (χ1v) is 7.24. The molecule has 0 N–H and O–H groups in total. The molecule has 0 unspecified atom stereocenters. The van der Waals surface area contributed by atoms with Gasteiger partial charge in [0.15, 0.2) is 0 Å². The second-order valence-electron chi connectivity index (χ2n) is 4.67. The number of para-hydroxylation sites is 1. The number of aryl methyl sites for hydroxylation is 2. The van der Waals surface area contributed by atoms with Crippen LogP contribution in [0.4, 0.5) is 0 Å². The lowest BCUT2D eigenvalue weighted by atomic mass is 10.2. The predicted molar refractivity (Wildman–Crippen MR) is 85.1 cm³/mol. The molecule has 1 aromatic heterocycles. The first-order valence-electron chi connectivity index (χ1n) is 6.42. The Labute approximate surface area is 121 Å². The van der Waals surface area contributed by atoms with E-state index in [9.17, 15) is 0 Å². The van der Waals surface area contributed by atoms with E-state index in [4.69, 9.17) is 0 Å². The largest absolute Gasteiger partial charge is 0.318 e. The van der Waals surface area contributed by atoms with Gasteiger partial charge in [0.05, 0.1) is 16.4 Å². The summed E-state index contributed by atoms with van der Waals surface area (Å²) in [5.41, 5.74) is 3.49. The van der Waals surface area contributed by atoms with E-state index in [-0.39, 0.29) is 0 Å². The van der Waals surface area contributed by atoms with E-state index in [0.717, 1.165) is 10.4 Å². The SMILES string of the molecule is Cc1ccc(/C=N\N=c2\sc3ccccc3n2C)cc1. The number of nitrogens with zero attached hydrogens (tertiary/aromatic N) is 3. The summed E-state index contributed by atoms with van der Waals surface area (Å²) in [4.78, 5) is 0.898. The average Bonchev–Trinajstić information content (AvgIpc) is 2.78. The van der Waals surface area contributed by atoms with Crippen LogP contribution in [0.15, 0.2) is 58.7 Å². The molecule has 0 aliphatic heterocycles. The van der Waals surface area contributed by atoms with Crippen molar-refractivity contribution >= 4 is 27.8 Å². The Kier molecular flexibility index (Phi) is 3.48. The van der Waals surface area contributed by atoms with Crippen molar-refractivity contribution in [3.63, 3.8) is 0 Å². The molecule has 0 aliphatic rings. The normalized spacial score (nSPS) is 12.6. The van der Waals surface area contributed by atoms with Gasteiger partial charge in [0, 0.05) is 7.05 Å². The lowest BCUT2D eigenvalue weighted by molar-refractivity contribution is 0.889. The number of thiazole rings is 1. The zero-order valence-electron chi connectivity index (χ0n) is 11.4. The number of rotatable bonds is 2. The van der Waals surface area contributed by atoms with Crippen LogP contribution >= 0.6 is 11.3 Å². The molecule has 1 heterocycles. The molecule has 3 nitrogen and oxygen atoms in total. The van der Waals surface area contributed by atoms with Crippen LogP contribution in [0.3, 0.4) is 0 Å². The van der Waals surface area contributed by atoms with Crippen molar-refractivity contribution in [1.29, 1.82) is 0 Å². The molecule has 3 rings (SSSR count). The fraction of sp³-hybridized carbons (Fsp3) is 0.125. The Morgan fingerprint density at radius 2 is 1.80 bits per heavy atom. The van der Waals surface area contributed by atoms with Gasteiger partial charge in [0.25, 0.3) is 0 Å². The molecular formula is C16H15N3S. The van der Waals surface area contributed by atoms with Gasteiger partial charge in [0.1, 0.15) is 0 Å². The van der Waals surface area contributed by atoms with Crippen molar-refractivity contribution in [2.24, 2.45) is 17.3 Å². The fourth-order valence-electron chi connectivity index (χ4n) is 1.98. The van der Waals surface area contributed by atoms with Crippen LogP contribution in [0.25, 0.3) is 10.2 Å². The molecule has 0 spiro atoms. The van der Waals surface area contributed by atoms with Gasteiger partial charge in [-0.05, 0) is 24.6 Å². The Balaban J connectivity index is 1.94. The topological polar surface area (TPSA) is 29.6 Å². The smallest absolute Gasteiger partial charge is 0.211 e. The first-order chi connectivity index (χ1) is 9.74. The quantitative estimate of drug-likeness (QED) is 0.508. The molecule has 100 valence electrons. The highest BCUT2D eigenvalue weighted by atomic mass is 32.1. The van der Waals surface area contributed by atoms with E-state index in [1.54, 1.807) is 17.6 Å². The molecule has 0 atom stereocenters. The maximum atomic E-state index is 4.31. The van der Waals surface area contributed by atoms with E-state index in [1.165, 1.54) is 15.8 Å². The predicted octanol–water partition coefficient (Wildman–Crippen LogP) is 3.48. The number of hydrogen-bond acceptors (Lipinski definition) is 3. The highest BCUT2D eigenvalue weighted by Gasteiger charge is 2.00. The van der Waals surface area contributed by atoms with Crippen LogP contribution < -0.4 is 4.80 Å². The van der Waals surface area contributed by atoms with Crippen LogP contribution in [0.2, 0.25) is 0 Å². The Morgan fingerprint density at radius 1 is 1.05 bits per heavy atom. The molecule has 0 radical (unpaired) electrons. The van der Waals surface area contributed by atoms with Crippen LogP contribution in [0.5, 0.6) is 0 Å². The van der Waals surface area contributed by atoms with Crippen molar-refractivity contribution in [1.82, 2.24) is 4.57 Å². The molecular weight excluding hydrogens is 266 g/mol. The number of hydrogen-bond donors (Lipinski definition) is 0.